The van der Waals surface area contributed by atoms with Crippen LogP contribution < -0.4 is 0 Å². The van der Waals surface area contributed by atoms with E-state index < -0.39 is 17.5 Å². The maximum atomic E-state index is 12.2. The normalized spacial score (nSPS) is 20.7. The summed E-state index contributed by atoms with van der Waals surface area (Å²) >= 11 is 0. The number of carboxylic acid groups (broad SMARTS) is 1. The van der Waals surface area contributed by atoms with E-state index >= 15 is 0 Å². The summed E-state index contributed by atoms with van der Waals surface area (Å²) in [5.41, 5.74) is 1.80. The van der Waals surface area contributed by atoms with Gasteiger partial charge >= 0.3 is 5.97 Å². The number of aromatic nitrogens is 2. The number of hydrogen-bond donors (Lipinski definition) is 2. The third-order valence-electron chi connectivity index (χ3n) is 6.46. The van der Waals surface area contributed by atoms with E-state index in [9.17, 15) is 19.8 Å². The first kappa shape index (κ1) is 23.1. The van der Waals surface area contributed by atoms with Gasteiger partial charge in [-0.05, 0) is 23.8 Å². The van der Waals surface area contributed by atoms with Crippen LogP contribution in [0.15, 0.2) is 42.6 Å². The molecule has 2 saturated heterocycles. The second kappa shape index (κ2) is 9.15. The van der Waals surface area contributed by atoms with E-state index in [1.807, 2.05) is 24.4 Å². The molecule has 180 valence electrons. The Balaban J connectivity index is 1.49. The number of likely N-dealkylation sites (tertiary alicyclic amines) is 1. The molecule has 0 spiro atoms. The molecule has 1 unspecified atom stereocenters. The van der Waals surface area contributed by atoms with Crippen molar-refractivity contribution >= 4 is 17.4 Å². The molecule has 35 heavy (non-hydrogen) atoms. The molecule has 0 saturated carbocycles. The number of morpholine rings is 1. The Bertz CT molecular complexity index is 1370. The third kappa shape index (κ3) is 4.51. The number of carboxylic acids is 1. The summed E-state index contributed by atoms with van der Waals surface area (Å²) in [5.74, 6) is 4.05. The van der Waals surface area contributed by atoms with Gasteiger partial charge in [-0.15, -0.1) is 0 Å². The van der Waals surface area contributed by atoms with E-state index in [1.165, 1.54) is 4.90 Å². The first-order valence-corrected chi connectivity index (χ1v) is 11.5. The Morgan fingerprint density at radius 1 is 1.20 bits per heavy atom. The lowest BCUT2D eigenvalue weighted by Gasteiger charge is -2.26. The average Bonchev–Trinajstić information content (AvgIpc) is 3.37. The molecule has 2 aliphatic rings. The number of carbonyl (C=O) groups excluding carboxylic acids is 1. The third-order valence-corrected chi connectivity index (χ3v) is 6.46. The molecule has 2 aliphatic heterocycles. The largest absolute Gasteiger partial charge is 0.475 e. The Morgan fingerprint density at radius 2 is 2.00 bits per heavy atom. The zero-order chi connectivity index (χ0) is 24.6. The predicted octanol–water partition coefficient (Wildman–Crippen LogP) is 1.48. The molecule has 1 atom stereocenters. The first-order valence-electron chi connectivity index (χ1n) is 11.5. The number of pyridine rings is 1. The van der Waals surface area contributed by atoms with Gasteiger partial charge in [0.2, 0.25) is 11.4 Å². The van der Waals surface area contributed by atoms with Gasteiger partial charge in [-0.3, -0.25) is 14.1 Å². The summed E-state index contributed by atoms with van der Waals surface area (Å²) in [6.07, 6.45) is 2.08. The van der Waals surface area contributed by atoms with Crippen LogP contribution in [0.1, 0.15) is 28.2 Å². The minimum absolute atomic E-state index is 0.0655. The lowest BCUT2D eigenvalue weighted by molar-refractivity contribution is -0.137. The highest BCUT2D eigenvalue weighted by atomic mass is 16.5. The molecule has 0 radical (unpaired) electrons. The Labute approximate surface area is 202 Å². The molecule has 5 rings (SSSR count). The van der Waals surface area contributed by atoms with Gasteiger partial charge in [-0.2, -0.15) is 0 Å². The number of fused-ring (bicyclic) bond motifs is 1. The second-order valence-corrected chi connectivity index (χ2v) is 8.94. The van der Waals surface area contributed by atoms with E-state index in [0.29, 0.717) is 48.6 Å². The van der Waals surface area contributed by atoms with Crippen molar-refractivity contribution < 1.29 is 24.5 Å². The van der Waals surface area contributed by atoms with Gasteiger partial charge in [-0.25, -0.2) is 9.78 Å². The first-order chi connectivity index (χ1) is 16.8. The maximum Gasteiger partial charge on any atom is 0.372 e. The number of aliphatic hydroxyl groups is 1. The minimum atomic E-state index is -1.68. The van der Waals surface area contributed by atoms with Crippen LogP contribution in [0.5, 0.6) is 0 Å². The zero-order valence-electron chi connectivity index (χ0n) is 19.4. The predicted molar refractivity (Wildman–Crippen MR) is 128 cm³/mol. The number of rotatable bonds is 4. The van der Waals surface area contributed by atoms with Crippen LogP contribution in [0.2, 0.25) is 0 Å². The van der Waals surface area contributed by atoms with Gasteiger partial charge in [-0.1, -0.05) is 30.0 Å². The van der Waals surface area contributed by atoms with Crippen molar-refractivity contribution in [3.05, 3.63) is 59.5 Å². The molecule has 0 bridgehead atoms. The fraction of sp³-hybridized carbons (Fsp3) is 0.346. The highest BCUT2D eigenvalue weighted by Crippen LogP contribution is 2.27. The van der Waals surface area contributed by atoms with Crippen LogP contribution in [-0.4, -0.2) is 86.8 Å². The molecular formula is C26H26N4O5. The molecule has 0 aliphatic carbocycles. The van der Waals surface area contributed by atoms with Crippen molar-refractivity contribution in [3.63, 3.8) is 0 Å². The molecule has 4 heterocycles. The van der Waals surface area contributed by atoms with Crippen LogP contribution in [0.3, 0.4) is 0 Å². The molecular weight excluding hydrogens is 448 g/mol. The van der Waals surface area contributed by atoms with Crippen LogP contribution in [0.25, 0.3) is 16.8 Å². The van der Waals surface area contributed by atoms with Gasteiger partial charge in [0.05, 0.1) is 24.4 Å². The fourth-order valence-corrected chi connectivity index (χ4v) is 4.49. The average molecular weight is 475 g/mol. The summed E-state index contributed by atoms with van der Waals surface area (Å²) in [4.78, 5) is 32.3. The molecule has 3 aromatic rings. The molecule has 2 N–H and O–H groups in total. The summed E-state index contributed by atoms with van der Waals surface area (Å²) in [6, 6.07) is 11.1. The quantitative estimate of drug-likeness (QED) is 0.552. The monoisotopic (exact) mass is 474 g/mol. The second-order valence-electron chi connectivity index (χ2n) is 8.94. The summed E-state index contributed by atoms with van der Waals surface area (Å²) in [5, 5.41) is 20.4. The molecule has 2 aromatic heterocycles. The highest BCUT2D eigenvalue weighted by molar-refractivity contribution is 5.91. The van der Waals surface area contributed by atoms with Crippen molar-refractivity contribution in [2.75, 3.05) is 39.9 Å². The standard InChI is InChI=1S/C26H26N4O5/c1-28-10-9-26(34,25(28)33)8-7-18-3-2-4-20(15-18)22-21-6-5-19(16-29-11-13-35-14-12-29)17-30(21)23(27-22)24(31)32/h2-6,15,17,34H,9-14,16H2,1H3,(H,31,32). The molecule has 2 fully saturated rings. The maximum absolute atomic E-state index is 12.2. The van der Waals surface area contributed by atoms with Crippen molar-refractivity contribution in [1.82, 2.24) is 19.2 Å². The van der Waals surface area contributed by atoms with Crippen molar-refractivity contribution in [2.24, 2.45) is 0 Å². The number of nitrogens with zero attached hydrogens (tertiary/aromatic N) is 4. The Morgan fingerprint density at radius 3 is 2.71 bits per heavy atom. The number of hydrogen-bond acceptors (Lipinski definition) is 6. The van der Waals surface area contributed by atoms with Crippen molar-refractivity contribution in [2.45, 2.75) is 18.6 Å². The van der Waals surface area contributed by atoms with E-state index in [4.69, 9.17) is 4.74 Å². The lowest BCUT2D eigenvalue weighted by Crippen LogP contribution is -2.37. The number of carbonyl (C=O) groups is 2. The topological polar surface area (TPSA) is 108 Å². The van der Waals surface area contributed by atoms with Crippen LogP contribution in [-0.2, 0) is 16.1 Å². The molecule has 9 nitrogen and oxygen atoms in total. The number of benzene rings is 1. The fourth-order valence-electron chi connectivity index (χ4n) is 4.49. The van der Waals surface area contributed by atoms with Gasteiger partial charge in [0.1, 0.15) is 0 Å². The van der Waals surface area contributed by atoms with Gasteiger partial charge < -0.3 is 19.8 Å². The minimum Gasteiger partial charge on any atom is -0.475 e. The van der Waals surface area contributed by atoms with Gasteiger partial charge in [0.25, 0.3) is 5.91 Å². The number of likely N-dealkylation sites (N-methyl/N-ethyl adjacent to an activating group) is 1. The van der Waals surface area contributed by atoms with E-state index in [1.54, 1.807) is 29.6 Å². The van der Waals surface area contributed by atoms with Crippen LogP contribution in [0.4, 0.5) is 0 Å². The van der Waals surface area contributed by atoms with Gasteiger partial charge in [0.15, 0.2) is 0 Å². The summed E-state index contributed by atoms with van der Waals surface area (Å²) in [6.45, 7) is 4.22. The van der Waals surface area contributed by atoms with Crippen molar-refractivity contribution in [1.29, 1.82) is 0 Å². The van der Waals surface area contributed by atoms with E-state index in [-0.39, 0.29) is 12.2 Å². The smallest absolute Gasteiger partial charge is 0.372 e. The molecule has 1 amide bonds. The summed E-state index contributed by atoms with van der Waals surface area (Å²) < 4.78 is 7.02. The van der Waals surface area contributed by atoms with Crippen LogP contribution >= 0.6 is 0 Å². The van der Waals surface area contributed by atoms with Crippen molar-refractivity contribution in [3.8, 4) is 23.1 Å². The Kier molecular flexibility index (Phi) is 6.03. The zero-order valence-corrected chi connectivity index (χ0v) is 19.4. The van der Waals surface area contributed by atoms with E-state index in [0.717, 1.165) is 18.7 Å². The lowest BCUT2D eigenvalue weighted by atomic mass is 10.0. The van der Waals surface area contributed by atoms with Crippen LogP contribution in [0, 0.1) is 11.8 Å². The van der Waals surface area contributed by atoms with Gasteiger partial charge in [0, 0.05) is 57.0 Å². The number of aromatic carboxylic acids is 1. The molecule has 1 aromatic carbocycles. The number of imidazole rings is 1. The SMILES string of the molecule is CN1CCC(O)(C#Cc2cccc(-c3nc(C(=O)O)n4cc(CN5CCOCC5)ccc34)c2)C1=O. The highest BCUT2D eigenvalue weighted by Gasteiger charge is 2.42. The Hall–Kier alpha value is -3.71. The number of amides is 1. The number of ether oxygens (including phenoxy) is 1. The van der Waals surface area contributed by atoms with E-state index in [2.05, 4.69) is 21.7 Å². The summed E-state index contributed by atoms with van der Waals surface area (Å²) in [7, 11) is 1.64. The molecule has 9 heteroatoms.